The monoisotopic (exact) mass is 337 g/mol. The fourth-order valence-electron chi connectivity index (χ4n) is 2.47. The summed E-state index contributed by atoms with van der Waals surface area (Å²) in [4.78, 5) is 25.0. The first-order valence-corrected chi connectivity index (χ1v) is 7.94. The normalized spacial score (nSPS) is 10.5. The van der Waals surface area contributed by atoms with E-state index < -0.39 is 0 Å². The van der Waals surface area contributed by atoms with Gasteiger partial charge in [0.1, 0.15) is 17.1 Å². The Morgan fingerprint density at radius 1 is 1.20 bits per heavy atom. The molecule has 0 saturated heterocycles. The molecule has 2 heterocycles. The molecule has 2 aromatic heterocycles. The zero-order valence-electron chi connectivity index (χ0n) is 14.3. The standard InChI is InChI=1S/C18H19N5O2/c1-4-19-18(24)23-16-8-6-13-17(22-16)21-14(10-20-13)12-5-7-15(25-3)11(2)9-12/h5-10H,4H2,1-3H3,(H2,19,21,22,23,24). The van der Waals surface area contributed by atoms with Crippen LogP contribution < -0.4 is 15.4 Å². The van der Waals surface area contributed by atoms with Gasteiger partial charge in [0.2, 0.25) is 0 Å². The van der Waals surface area contributed by atoms with E-state index in [2.05, 4.69) is 25.6 Å². The third kappa shape index (κ3) is 3.65. The Hall–Kier alpha value is -3.22. The molecule has 0 unspecified atom stereocenters. The number of aryl methyl sites for hydroxylation is 1. The molecule has 0 fully saturated rings. The van der Waals surface area contributed by atoms with Gasteiger partial charge in [-0.15, -0.1) is 0 Å². The van der Waals surface area contributed by atoms with Gasteiger partial charge in [0.25, 0.3) is 0 Å². The summed E-state index contributed by atoms with van der Waals surface area (Å²) in [6.45, 7) is 4.37. The van der Waals surface area contributed by atoms with Gasteiger partial charge in [-0.05, 0) is 49.7 Å². The number of amides is 2. The fraction of sp³-hybridized carbons (Fsp3) is 0.222. The zero-order chi connectivity index (χ0) is 17.8. The van der Waals surface area contributed by atoms with Gasteiger partial charge in [0.15, 0.2) is 5.65 Å². The minimum atomic E-state index is -0.302. The highest BCUT2D eigenvalue weighted by molar-refractivity contribution is 5.89. The fourth-order valence-corrected chi connectivity index (χ4v) is 2.47. The van der Waals surface area contributed by atoms with Crippen LogP contribution >= 0.6 is 0 Å². The number of methoxy groups -OCH3 is 1. The second-order valence-electron chi connectivity index (χ2n) is 5.46. The topological polar surface area (TPSA) is 89.0 Å². The van der Waals surface area contributed by atoms with Crippen molar-refractivity contribution in [2.24, 2.45) is 0 Å². The van der Waals surface area contributed by atoms with E-state index in [0.29, 0.717) is 29.2 Å². The highest BCUT2D eigenvalue weighted by atomic mass is 16.5. The molecule has 0 saturated carbocycles. The van der Waals surface area contributed by atoms with Gasteiger partial charge in [0, 0.05) is 12.1 Å². The molecule has 0 aliphatic rings. The van der Waals surface area contributed by atoms with Crippen molar-refractivity contribution < 1.29 is 9.53 Å². The van der Waals surface area contributed by atoms with E-state index in [0.717, 1.165) is 16.9 Å². The number of nitrogens with zero attached hydrogens (tertiary/aromatic N) is 3. The number of pyridine rings is 1. The van der Waals surface area contributed by atoms with Gasteiger partial charge in [-0.2, -0.15) is 0 Å². The van der Waals surface area contributed by atoms with Crippen molar-refractivity contribution in [1.82, 2.24) is 20.3 Å². The Kier molecular flexibility index (Phi) is 4.74. The number of hydrogen-bond donors (Lipinski definition) is 2. The smallest absolute Gasteiger partial charge is 0.320 e. The second kappa shape index (κ2) is 7.12. The molecule has 0 aliphatic heterocycles. The van der Waals surface area contributed by atoms with Crippen LogP contribution in [0.15, 0.2) is 36.5 Å². The maximum atomic E-state index is 11.6. The van der Waals surface area contributed by atoms with Gasteiger partial charge >= 0.3 is 6.03 Å². The molecule has 0 spiro atoms. The van der Waals surface area contributed by atoms with Crippen LogP contribution in [0.2, 0.25) is 0 Å². The molecule has 3 rings (SSSR count). The molecule has 0 radical (unpaired) electrons. The number of carbonyl (C=O) groups excluding carboxylic acids is 1. The van der Waals surface area contributed by atoms with Crippen LogP contribution in [0.3, 0.4) is 0 Å². The SMILES string of the molecule is CCNC(=O)Nc1ccc2ncc(-c3ccc(OC)c(C)c3)nc2n1. The van der Waals surface area contributed by atoms with Crippen molar-refractivity contribution in [2.45, 2.75) is 13.8 Å². The number of nitrogens with one attached hydrogen (secondary N) is 2. The summed E-state index contributed by atoms with van der Waals surface area (Å²) in [5.41, 5.74) is 3.79. The lowest BCUT2D eigenvalue weighted by molar-refractivity contribution is 0.252. The lowest BCUT2D eigenvalue weighted by Gasteiger charge is -2.08. The van der Waals surface area contributed by atoms with E-state index >= 15 is 0 Å². The van der Waals surface area contributed by atoms with Gasteiger partial charge < -0.3 is 10.1 Å². The Labute approximate surface area is 145 Å². The highest BCUT2D eigenvalue weighted by Gasteiger charge is 2.08. The Bertz CT molecular complexity index is 926. The lowest BCUT2D eigenvalue weighted by Crippen LogP contribution is -2.28. The number of ether oxygens (including phenoxy) is 1. The van der Waals surface area contributed by atoms with E-state index in [4.69, 9.17) is 4.74 Å². The molecule has 2 amide bonds. The van der Waals surface area contributed by atoms with E-state index in [-0.39, 0.29) is 6.03 Å². The predicted octanol–water partition coefficient (Wildman–Crippen LogP) is 3.15. The molecule has 128 valence electrons. The second-order valence-corrected chi connectivity index (χ2v) is 5.46. The summed E-state index contributed by atoms with van der Waals surface area (Å²) in [5, 5.41) is 5.33. The molecule has 2 N–H and O–H groups in total. The van der Waals surface area contributed by atoms with Crippen LogP contribution in [-0.2, 0) is 0 Å². The van der Waals surface area contributed by atoms with Crippen LogP contribution in [0.5, 0.6) is 5.75 Å². The Morgan fingerprint density at radius 3 is 2.76 bits per heavy atom. The average molecular weight is 337 g/mol. The molecule has 25 heavy (non-hydrogen) atoms. The van der Waals surface area contributed by atoms with Crippen molar-refractivity contribution in [3.05, 3.63) is 42.1 Å². The van der Waals surface area contributed by atoms with E-state index in [1.165, 1.54) is 0 Å². The number of benzene rings is 1. The van der Waals surface area contributed by atoms with Crippen LogP contribution in [0.1, 0.15) is 12.5 Å². The quantitative estimate of drug-likeness (QED) is 0.763. The first kappa shape index (κ1) is 16.6. The summed E-state index contributed by atoms with van der Waals surface area (Å²) in [5.74, 6) is 1.25. The molecule has 0 aliphatic carbocycles. The summed E-state index contributed by atoms with van der Waals surface area (Å²) < 4.78 is 5.28. The van der Waals surface area contributed by atoms with Crippen molar-refractivity contribution in [3.8, 4) is 17.0 Å². The number of rotatable bonds is 4. The van der Waals surface area contributed by atoms with Crippen LogP contribution in [0.25, 0.3) is 22.4 Å². The average Bonchev–Trinajstić information content (AvgIpc) is 2.61. The number of aromatic nitrogens is 3. The predicted molar refractivity (Wildman–Crippen MR) is 96.8 cm³/mol. The van der Waals surface area contributed by atoms with Crippen LogP contribution in [0.4, 0.5) is 10.6 Å². The van der Waals surface area contributed by atoms with Crippen LogP contribution in [-0.4, -0.2) is 34.6 Å². The highest BCUT2D eigenvalue weighted by Crippen LogP contribution is 2.25. The van der Waals surface area contributed by atoms with Crippen molar-refractivity contribution in [2.75, 3.05) is 19.0 Å². The van der Waals surface area contributed by atoms with Gasteiger partial charge in [-0.1, -0.05) is 0 Å². The first-order valence-electron chi connectivity index (χ1n) is 7.94. The molecule has 0 bridgehead atoms. The maximum Gasteiger partial charge on any atom is 0.320 e. The molecule has 1 aromatic carbocycles. The van der Waals surface area contributed by atoms with Crippen molar-refractivity contribution >= 4 is 23.0 Å². The molecule has 7 nitrogen and oxygen atoms in total. The third-order valence-corrected chi connectivity index (χ3v) is 3.68. The minimum absolute atomic E-state index is 0.302. The number of fused-ring (bicyclic) bond motifs is 1. The maximum absolute atomic E-state index is 11.6. The largest absolute Gasteiger partial charge is 0.496 e. The zero-order valence-corrected chi connectivity index (χ0v) is 14.3. The van der Waals surface area contributed by atoms with Gasteiger partial charge in [-0.25, -0.2) is 14.8 Å². The number of anilines is 1. The van der Waals surface area contributed by atoms with E-state index in [9.17, 15) is 4.79 Å². The first-order chi connectivity index (χ1) is 12.1. The molecule has 7 heteroatoms. The van der Waals surface area contributed by atoms with Gasteiger partial charge in [-0.3, -0.25) is 10.3 Å². The summed E-state index contributed by atoms with van der Waals surface area (Å²) in [6.07, 6.45) is 1.71. The van der Waals surface area contributed by atoms with Crippen LogP contribution in [0, 0.1) is 6.92 Å². The molecule has 3 aromatic rings. The number of carbonyl (C=O) groups is 1. The van der Waals surface area contributed by atoms with E-state index in [1.807, 2.05) is 32.0 Å². The Morgan fingerprint density at radius 2 is 2.04 bits per heavy atom. The number of hydrogen-bond acceptors (Lipinski definition) is 5. The lowest BCUT2D eigenvalue weighted by atomic mass is 10.1. The summed E-state index contributed by atoms with van der Waals surface area (Å²) in [7, 11) is 1.64. The molecular formula is C18H19N5O2. The summed E-state index contributed by atoms with van der Waals surface area (Å²) in [6, 6.07) is 8.99. The van der Waals surface area contributed by atoms with Crippen molar-refractivity contribution in [1.29, 1.82) is 0 Å². The molecular weight excluding hydrogens is 318 g/mol. The summed E-state index contributed by atoms with van der Waals surface area (Å²) >= 11 is 0. The minimum Gasteiger partial charge on any atom is -0.496 e. The van der Waals surface area contributed by atoms with Gasteiger partial charge in [0.05, 0.1) is 19.0 Å². The van der Waals surface area contributed by atoms with E-state index in [1.54, 1.807) is 25.4 Å². The molecule has 0 atom stereocenters. The number of urea groups is 1. The van der Waals surface area contributed by atoms with Crippen molar-refractivity contribution in [3.63, 3.8) is 0 Å². The third-order valence-electron chi connectivity index (χ3n) is 3.68. The Balaban J connectivity index is 1.95.